The van der Waals surface area contributed by atoms with Crippen molar-refractivity contribution in [2.75, 3.05) is 32.9 Å². The van der Waals surface area contributed by atoms with E-state index in [2.05, 4.69) is 5.32 Å². The molecule has 0 aromatic carbocycles. The Bertz CT molecular complexity index is 139. The first-order valence-electron chi connectivity index (χ1n) is 5.51. The van der Waals surface area contributed by atoms with Crippen molar-refractivity contribution in [2.24, 2.45) is 5.73 Å². The molecule has 0 saturated carbocycles. The van der Waals surface area contributed by atoms with E-state index >= 15 is 0 Å². The van der Waals surface area contributed by atoms with Gasteiger partial charge >= 0.3 is 0 Å². The Morgan fingerprint density at radius 3 is 1.93 bits per heavy atom. The predicted octanol–water partition coefficient (Wildman–Crippen LogP) is -1.19. The van der Waals surface area contributed by atoms with Crippen LogP contribution in [-0.2, 0) is 0 Å². The van der Waals surface area contributed by atoms with Gasteiger partial charge < -0.3 is 26.4 Å². The summed E-state index contributed by atoms with van der Waals surface area (Å²) in [5.74, 6) is 0. The molecular formula is C10H24N2O3. The molecule has 0 unspecified atom stereocenters. The van der Waals surface area contributed by atoms with Gasteiger partial charge in [0.15, 0.2) is 0 Å². The molecule has 6 N–H and O–H groups in total. The summed E-state index contributed by atoms with van der Waals surface area (Å²) in [4.78, 5) is 0. The van der Waals surface area contributed by atoms with Gasteiger partial charge in [-0.15, -0.1) is 0 Å². The van der Waals surface area contributed by atoms with Crippen molar-refractivity contribution in [2.45, 2.75) is 31.2 Å². The molecule has 5 heteroatoms. The first-order chi connectivity index (χ1) is 7.18. The van der Waals surface area contributed by atoms with Gasteiger partial charge in [0.05, 0.1) is 0 Å². The number of hydrogen-bond acceptors (Lipinski definition) is 5. The van der Waals surface area contributed by atoms with Crippen LogP contribution in [0.5, 0.6) is 0 Å². The maximum absolute atomic E-state index is 8.85. The van der Waals surface area contributed by atoms with Gasteiger partial charge in [0, 0.05) is 25.4 Å². The minimum absolute atomic E-state index is 0.0488. The van der Waals surface area contributed by atoms with E-state index in [0.717, 1.165) is 25.9 Å². The second kappa shape index (κ2) is 9.06. The lowest BCUT2D eigenvalue weighted by Crippen LogP contribution is -2.44. The van der Waals surface area contributed by atoms with E-state index in [4.69, 9.17) is 21.1 Å². The topological polar surface area (TPSA) is 98.7 Å². The molecule has 0 fully saturated rings. The van der Waals surface area contributed by atoms with Gasteiger partial charge in [-0.3, -0.25) is 0 Å². The number of aliphatic hydroxyl groups is 3. The number of nitrogens with one attached hydrogen (secondary N) is 1. The Hall–Kier alpha value is -0.200. The number of hydrogen-bond donors (Lipinski definition) is 5. The molecule has 0 aliphatic heterocycles. The minimum Gasteiger partial charge on any atom is -0.396 e. The Balaban J connectivity index is 3.65. The van der Waals surface area contributed by atoms with Crippen LogP contribution in [0.1, 0.15) is 25.7 Å². The Kier molecular flexibility index (Phi) is 8.94. The Labute approximate surface area is 91.3 Å². The van der Waals surface area contributed by atoms with Crippen LogP contribution in [0.3, 0.4) is 0 Å². The minimum atomic E-state index is -0.476. The van der Waals surface area contributed by atoms with Crippen molar-refractivity contribution in [3.63, 3.8) is 0 Å². The van der Waals surface area contributed by atoms with Crippen molar-refractivity contribution < 1.29 is 15.3 Å². The molecule has 0 aliphatic carbocycles. The van der Waals surface area contributed by atoms with Gasteiger partial charge in [0.25, 0.3) is 0 Å². The average Bonchev–Trinajstić information content (AvgIpc) is 2.18. The fourth-order valence-corrected chi connectivity index (χ4v) is 1.49. The highest BCUT2D eigenvalue weighted by Crippen LogP contribution is 2.15. The largest absolute Gasteiger partial charge is 0.396 e. The van der Waals surface area contributed by atoms with Crippen LogP contribution < -0.4 is 11.1 Å². The highest BCUT2D eigenvalue weighted by atomic mass is 16.3. The molecule has 0 amide bonds. The van der Waals surface area contributed by atoms with E-state index in [1.165, 1.54) is 0 Å². The summed E-state index contributed by atoms with van der Waals surface area (Å²) in [5, 5.41) is 29.4. The van der Waals surface area contributed by atoms with Crippen molar-refractivity contribution >= 4 is 0 Å². The SMILES string of the molecule is NC(CCO)(CCO)CCNCCCO. The van der Waals surface area contributed by atoms with Crippen LogP contribution in [0, 0.1) is 0 Å². The highest BCUT2D eigenvalue weighted by Gasteiger charge is 2.22. The first kappa shape index (κ1) is 14.8. The van der Waals surface area contributed by atoms with E-state index in [1.807, 2.05) is 0 Å². The molecule has 0 radical (unpaired) electrons. The van der Waals surface area contributed by atoms with E-state index in [-0.39, 0.29) is 19.8 Å². The van der Waals surface area contributed by atoms with Gasteiger partial charge in [-0.2, -0.15) is 0 Å². The van der Waals surface area contributed by atoms with Gasteiger partial charge in [-0.05, 0) is 38.8 Å². The third kappa shape index (κ3) is 7.70. The second-order valence-corrected chi connectivity index (χ2v) is 3.89. The summed E-state index contributed by atoms with van der Waals surface area (Å²) in [6.45, 7) is 1.80. The lowest BCUT2D eigenvalue weighted by Gasteiger charge is -2.28. The standard InChI is InChI=1S/C10H24N2O3/c11-10(3-8-14,4-9-15)2-6-12-5-1-7-13/h12-15H,1-9,11H2. The summed E-state index contributed by atoms with van der Waals surface area (Å²) in [6, 6.07) is 0. The molecule has 5 nitrogen and oxygen atoms in total. The Morgan fingerprint density at radius 2 is 1.47 bits per heavy atom. The van der Waals surface area contributed by atoms with E-state index in [1.54, 1.807) is 0 Å². The predicted molar refractivity (Wildman–Crippen MR) is 59.5 cm³/mol. The molecule has 15 heavy (non-hydrogen) atoms. The van der Waals surface area contributed by atoms with Crippen LogP contribution >= 0.6 is 0 Å². The monoisotopic (exact) mass is 220 g/mol. The summed E-state index contributed by atoms with van der Waals surface area (Å²) in [6.07, 6.45) is 2.47. The number of aliphatic hydroxyl groups excluding tert-OH is 3. The lowest BCUT2D eigenvalue weighted by molar-refractivity contribution is 0.185. The third-order valence-electron chi connectivity index (χ3n) is 2.53. The maximum Gasteiger partial charge on any atom is 0.0448 e. The van der Waals surface area contributed by atoms with Crippen LogP contribution in [-0.4, -0.2) is 53.8 Å². The van der Waals surface area contributed by atoms with E-state index in [9.17, 15) is 0 Å². The first-order valence-corrected chi connectivity index (χ1v) is 5.51. The van der Waals surface area contributed by atoms with Gasteiger partial charge in [0.1, 0.15) is 0 Å². The molecule has 0 bridgehead atoms. The summed E-state index contributed by atoms with van der Waals surface area (Å²) in [5.41, 5.74) is 5.55. The molecule has 0 saturated heterocycles. The van der Waals surface area contributed by atoms with Crippen LogP contribution in [0.2, 0.25) is 0 Å². The highest BCUT2D eigenvalue weighted by molar-refractivity contribution is 4.84. The summed E-state index contributed by atoms with van der Waals surface area (Å²) < 4.78 is 0. The molecule has 0 aromatic rings. The Morgan fingerprint density at radius 1 is 0.867 bits per heavy atom. The zero-order chi connectivity index (χ0) is 11.6. The van der Waals surface area contributed by atoms with Crippen molar-refractivity contribution in [1.29, 1.82) is 0 Å². The molecule has 0 atom stereocenters. The van der Waals surface area contributed by atoms with Gasteiger partial charge in [-0.25, -0.2) is 0 Å². The van der Waals surface area contributed by atoms with E-state index in [0.29, 0.717) is 12.8 Å². The van der Waals surface area contributed by atoms with Crippen LogP contribution in [0.4, 0.5) is 0 Å². The molecular weight excluding hydrogens is 196 g/mol. The number of rotatable bonds is 10. The molecule has 0 aliphatic rings. The normalized spacial score (nSPS) is 12.0. The molecule has 0 spiro atoms. The van der Waals surface area contributed by atoms with Gasteiger partial charge in [-0.1, -0.05) is 0 Å². The van der Waals surface area contributed by atoms with Crippen molar-refractivity contribution in [1.82, 2.24) is 5.32 Å². The fourth-order valence-electron chi connectivity index (χ4n) is 1.49. The van der Waals surface area contributed by atoms with E-state index < -0.39 is 5.54 Å². The second-order valence-electron chi connectivity index (χ2n) is 3.89. The third-order valence-corrected chi connectivity index (χ3v) is 2.53. The summed E-state index contributed by atoms with van der Waals surface area (Å²) >= 11 is 0. The van der Waals surface area contributed by atoms with Crippen LogP contribution in [0.15, 0.2) is 0 Å². The fraction of sp³-hybridized carbons (Fsp3) is 1.00. The molecule has 0 rings (SSSR count). The average molecular weight is 220 g/mol. The maximum atomic E-state index is 8.85. The molecule has 92 valence electrons. The van der Waals surface area contributed by atoms with Gasteiger partial charge in [0.2, 0.25) is 0 Å². The smallest absolute Gasteiger partial charge is 0.0448 e. The zero-order valence-corrected chi connectivity index (χ0v) is 9.28. The van der Waals surface area contributed by atoms with Crippen molar-refractivity contribution in [3.8, 4) is 0 Å². The molecule has 0 heterocycles. The van der Waals surface area contributed by atoms with Crippen LogP contribution in [0.25, 0.3) is 0 Å². The molecule has 0 aromatic heterocycles. The lowest BCUT2D eigenvalue weighted by atomic mass is 9.89. The van der Waals surface area contributed by atoms with Crippen molar-refractivity contribution in [3.05, 3.63) is 0 Å². The number of nitrogens with two attached hydrogens (primary N) is 1. The zero-order valence-electron chi connectivity index (χ0n) is 9.28. The quantitative estimate of drug-likeness (QED) is 0.298. The summed E-state index contributed by atoms with van der Waals surface area (Å²) in [7, 11) is 0.